The predicted molar refractivity (Wildman–Crippen MR) is 111 cm³/mol. The van der Waals surface area contributed by atoms with Gasteiger partial charge in [-0.3, -0.25) is 9.48 Å². The number of sulfonamides is 1. The Balaban J connectivity index is 1.77. The standard InChI is InChI=1S/C21H24N4O3S/c1-14-9-10-18(29(22,27)28)11-19(14)21(26)23-12-20-15(2)24-25(16(20)3)13-17-7-5-4-6-8-17/h4-11H,12-13H2,1-3H3,(H,23,26)(H2,22,27,28). The molecule has 3 N–H and O–H groups in total. The van der Waals surface area contributed by atoms with E-state index >= 15 is 0 Å². The molecule has 152 valence electrons. The van der Waals surface area contributed by atoms with E-state index in [1.807, 2.05) is 48.9 Å². The highest BCUT2D eigenvalue weighted by Gasteiger charge is 2.17. The molecule has 29 heavy (non-hydrogen) atoms. The number of nitrogens with two attached hydrogens (primary N) is 1. The van der Waals surface area contributed by atoms with Crippen molar-refractivity contribution in [2.45, 2.75) is 38.8 Å². The van der Waals surface area contributed by atoms with Crippen molar-refractivity contribution in [1.82, 2.24) is 15.1 Å². The highest BCUT2D eigenvalue weighted by molar-refractivity contribution is 7.89. The second kappa shape index (κ2) is 8.18. The lowest BCUT2D eigenvalue weighted by Gasteiger charge is -2.10. The van der Waals surface area contributed by atoms with Crippen molar-refractivity contribution in [2.24, 2.45) is 5.14 Å². The van der Waals surface area contributed by atoms with Gasteiger partial charge in [-0.1, -0.05) is 36.4 Å². The first-order chi connectivity index (χ1) is 13.7. The number of aromatic nitrogens is 2. The van der Waals surface area contributed by atoms with E-state index in [4.69, 9.17) is 5.14 Å². The van der Waals surface area contributed by atoms with Crippen LogP contribution >= 0.6 is 0 Å². The van der Waals surface area contributed by atoms with E-state index in [1.54, 1.807) is 13.0 Å². The second-order valence-electron chi connectivity index (χ2n) is 7.00. The minimum absolute atomic E-state index is 0.0868. The van der Waals surface area contributed by atoms with Gasteiger partial charge in [0.2, 0.25) is 10.0 Å². The Morgan fingerprint density at radius 3 is 2.45 bits per heavy atom. The first kappa shape index (κ1) is 20.8. The van der Waals surface area contributed by atoms with Gasteiger partial charge in [0.05, 0.1) is 17.1 Å². The maximum absolute atomic E-state index is 12.7. The van der Waals surface area contributed by atoms with E-state index in [0.717, 1.165) is 22.5 Å². The van der Waals surface area contributed by atoms with Crippen LogP contribution in [0.5, 0.6) is 0 Å². The molecule has 8 heteroatoms. The van der Waals surface area contributed by atoms with E-state index in [0.29, 0.717) is 18.7 Å². The molecule has 0 saturated heterocycles. The van der Waals surface area contributed by atoms with Crippen LogP contribution in [0.25, 0.3) is 0 Å². The van der Waals surface area contributed by atoms with Crippen LogP contribution < -0.4 is 10.5 Å². The smallest absolute Gasteiger partial charge is 0.251 e. The Labute approximate surface area is 170 Å². The lowest BCUT2D eigenvalue weighted by Crippen LogP contribution is -2.25. The fourth-order valence-electron chi connectivity index (χ4n) is 3.19. The Morgan fingerprint density at radius 1 is 1.10 bits per heavy atom. The monoisotopic (exact) mass is 412 g/mol. The highest BCUT2D eigenvalue weighted by Crippen LogP contribution is 2.17. The molecule has 1 aromatic heterocycles. The Hall–Kier alpha value is -2.97. The Morgan fingerprint density at radius 2 is 1.79 bits per heavy atom. The number of amides is 1. The summed E-state index contributed by atoms with van der Waals surface area (Å²) in [5.74, 6) is -0.359. The zero-order chi connectivity index (χ0) is 21.2. The summed E-state index contributed by atoms with van der Waals surface area (Å²) < 4.78 is 25.1. The maximum atomic E-state index is 12.7. The minimum atomic E-state index is -3.88. The van der Waals surface area contributed by atoms with Gasteiger partial charge < -0.3 is 5.32 Å². The fourth-order valence-corrected chi connectivity index (χ4v) is 3.73. The molecule has 0 aliphatic carbocycles. The van der Waals surface area contributed by atoms with Gasteiger partial charge in [-0.05, 0) is 44.0 Å². The largest absolute Gasteiger partial charge is 0.348 e. The Kier molecular flexibility index (Phi) is 5.86. The summed E-state index contributed by atoms with van der Waals surface area (Å²) in [6.45, 7) is 6.57. The average Bonchev–Trinajstić information content (AvgIpc) is 2.93. The first-order valence-corrected chi connectivity index (χ1v) is 10.7. The van der Waals surface area contributed by atoms with Gasteiger partial charge in [0, 0.05) is 23.4 Å². The summed E-state index contributed by atoms with van der Waals surface area (Å²) in [5.41, 5.74) is 4.85. The molecule has 0 fully saturated rings. The molecule has 1 heterocycles. The van der Waals surface area contributed by atoms with Gasteiger partial charge in [-0.15, -0.1) is 0 Å². The number of nitrogens with one attached hydrogen (secondary N) is 1. The molecular formula is C21H24N4O3S. The zero-order valence-electron chi connectivity index (χ0n) is 16.6. The number of aryl methyl sites for hydroxylation is 2. The van der Waals surface area contributed by atoms with Gasteiger partial charge in [-0.25, -0.2) is 13.6 Å². The van der Waals surface area contributed by atoms with E-state index in [1.165, 1.54) is 12.1 Å². The topological polar surface area (TPSA) is 107 Å². The van der Waals surface area contributed by atoms with Crippen LogP contribution in [-0.2, 0) is 23.1 Å². The van der Waals surface area contributed by atoms with Gasteiger partial charge in [0.1, 0.15) is 0 Å². The molecule has 0 aliphatic rings. The van der Waals surface area contributed by atoms with Crippen LogP contribution in [0.3, 0.4) is 0 Å². The predicted octanol–water partition coefficient (Wildman–Crippen LogP) is 2.43. The molecule has 0 radical (unpaired) electrons. The molecule has 7 nitrogen and oxygen atoms in total. The van der Waals surface area contributed by atoms with Gasteiger partial charge in [0.15, 0.2) is 0 Å². The molecule has 0 bridgehead atoms. The van der Waals surface area contributed by atoms with Crippen molar-refractivity contribution < 1.29 is 13.2 Å². The van der Waals surface area contributed by atoms with Gasteiger partial charge in [-0.2, -0.15) is 5.10 Å². The van der Waals surface area contributed by atoms with Crippen molar-refractivity contribution in [3.05, 3.63) is 82.2 Å². The zero-order valence-corrected chi connectivity index (χ0v) is 17.5. The van der Waals surface area contributed by atoms with Crippen LogP contribution in [0.15, 0.2) is 53.4 Å². The number of carbonyl (C=O) groups excluding carboxylic acids is 1. The lowest BCUT2D eigenvalue weighted by atomic mass is 10.1. The van der Waals surface area contributed by atoms with Crippen molar-refractivity contribution in [1.29, 1.82) is 0 Å². The highest BCUT2D eigenvalue weighted by atomic mass is 32.2. The number of benzene rings is 2. The number of rotatable bonds is 6. The summed E-state index contributed by atoms with van der Waals surface area (Å²) in [7, 11) is -3.88. The molecule has 0 aliphatic heterocycles. The molecule has 1 amide bonds. The lowest BCUT2D eigenvalue weighted by molar-refractivity contribution is 0.0950. The normalized spacial score (nSPS) is 11.4. The molecule has 0 spiro atoms. The van der Waals surface area contributed by atoms with E-state index < -0.39 is 10.0 Å². The Bertz CT molecular complexity index is 1150. The molecule has 3 rings (SSSR count). The van der Waals surface area contributed by atoms with Crippen LogP contribution in [0.2, 0.25) is 0 Å². The van der Waals surface area contributed by atoms with Crippen LogP contribution in [0, 0.1) is 20.8 Å². The van der Waals surface area contributed by atoms with Crippen LogP contribution in [-0.4, -0.2) is 24.1 Å². The molecular weight excluding hydrogens is 388 g/mol. The minimum Gasteiger partial charge on any atom is -0.348 e. The summed E-state index contributed by atoms with van der Waals surface area (Å²) in [6.07, 6.45) is 0. The summed E-state index contributed by atoms with van der Waals surface area (Å²) >= 11 is 0. The number of nitrogens with zero attached hydrogens (tertiary/aromatic N) is 2. The third-order valence-corrected chi connectivity index (χ3v) is 5.83. The third kappa shape index (κ3) is 4.72. The summed E-state index contributed by atoms with van der Waals surface area (Å²) in [4.78, 5) is 12.6. The van der Waals surface area contributed by atoms with Crippen LogP contribution in [0.1, 0.15) is 38.4 Å². The number of hydrogen-bond acceptors (Lipinski definition) is 4. The van der Waals surface area contributed by atoms with Gasteiger partial charge in [0.25, 0.3) is 5.91 Å². The molecule has 2 aromatic carbocycles. The van der Waals surface area contributed by atoms with Gasteiger partial charge >= 0.3 is 0 Å². The number of hydrogen-bond donors (Lipinski definition) is 2. The fraction of sp³-hybridized carbons (Fsp3) is 0.238. The quantitative estimate of drug-likeness (QED) is 0.648. The third-order valence-electron chi connectivity index (χ3n) is 4.91. The molecule has 0 saturated carbocycles. The van der Waals surface area contributed by atoms with Crippen molar-refractivity contribution in [3.63, 3.8) is 0 Å². The summed E-state index contributed by atoms with van der Waals surface area (Å²) in [6, 6.07) is 14.3. The number of primary sulfonamides is 1. The SMILES string of the molecule is Cc1ccc(S(N)(=O)=O)cc1C(=O)NCc1c(C)nn(Cc2ccccc2)c1C. The van der Waals surface area contributed by atoms with E-state index in [2.05, 4.69) is 10.4 Å². The maximum Gasteiger partial charge on any atom is 0.251 e. The molecule has 3 aromatic rings. The summed E-state index contributed by atoms with van der Waals surface area (Å²) in [5, 5.41) is 12.6. The van der Waals surface area contributed by atoms with E-state index in [-0.39, 0.29) is 16.4 Å². The average molecular weight is 413 g/mol. The number of carbonyl (C=O) groups is 1. The van der Waals surface area contributed by atoms with Crippen LogP contribution in [0.4, 0.5) is 0 Å². The van der Waals surface area contributed by atoms with E-state index in [9.17, 15) is 13.2 Å². The second-order valence-corrected chi connectivity index (χ2v) is 8.56. The first-order valence-electron chi connectivity index (χ1n) is 9.15. The molecule has 0 unspecified atom stereocenters. The van der Waals surface area contributed by atoms with Crippen molar-refractivity contribution in [2.75, 3.05) is 0 Å². The van der Waals surface area contributed by atoms with Crippen molar-refractivity contribution >= 4 is 15.9 Å². The van der Waals surface area contributed by atoms with Crippen molar-refractivity contribution in [3.8, 4) is 0 Å². The molecule has 0 atom stereocenters.